The lowest BCUT2D eigenvalue weighted by molar-refractivity contribution is -0.203. The summed E-state index contributed by atoms with van der Waals surface area (Å²) in [5.41, 5.74) is -0.344. The number of hydrogen-bond acceptors (Lipinski definition) is 9. The van der Waals surface area contributed by atoms with Crippen LogP contribution in [0.15, 0.2) is 51.0 Å². The van der Waals surface area contributed by atoms with Crippen molar-refractivity contribution in [2.45, 2.75) is 75.9 Å². The summed E-state index contributed by atoms with van der Waals surface area (Å²) in [6, 6.07) is 6.29. The first-order valence-electron chi connectivity index (χ1n) is 11.9. The zero-order valence-electron chi connectivity index (χ0n) is 21.2. The Morgan fingerprint density at radius 1 is 1.14 bits per heavy atom. The van der Waals surface area contributed by atoms with Crippen molar-refractivity contribution in [3.63, 3.8) is 0 Å². The highest BCUT2D eigenvalue weighted by atomic mass is 32.2. The molecule has 2 aliphatic rings. The minimum absolute atomic E-state index is 0.0337. The van der Waals surface area contributed by atoms with Crippen molar-refractivity contribution < 1.29 is 32.2 Å². The first-order valence-corrected chi connectivity index (χ1v) is 13.3. The number of ether oxygens (including phenoxy) is 4. The summed E-state index contributed by atoms with van der Waals surface area (Å²) in [5.74, 6) is -2.19. The molecule has 37 heavy (non-hydrogen) atoms. The van der Waals surface area contributed by atoms with Crippen LogP contribution in [0.4, 0.5) is 0 Å². The highest BCUT2D eigenvalue weighted by Crippen LogP contribution is 2.42. The Morgan fingerprint density at radius 2 is 1.78 bits per heavy atom. The number of sulfonamides is 1. The molecule has 0 saturated carbocycles. The van der Waals surface area contributed by atoms with Crippen LogP contribution in [0.5, 0.6) is 0 Å². The van der Waals surface area contributed by atoms with Gasteiger partial charge in [-0.1, -0.05) is 31.5 Å². The molecule has 3 heterocycles. The number of nitrogens with one attached hydrogen (secondary N) is 2. The predicted molar refractivity (Wildman–Crippen MR) is 130 cm³/mol. The fourth-order valence-electron chi connectivity index (χ4n) is 4.31. The van der Waals surface area contributed by atoms with E-state index in [1.165, 1.54) is 29.0 Å². The summed E-state index contributed by atoms with van der Waals surface area (Å²) in [4.78, 5) is 39.0. The van der Waals surface area contributed by atoms with E-state index in [0.717, 1.165) is 5.56 Å². The highest BCUT2D eigenvalue weighted by Gasteiger charge is 2.56. The van der Waals surface area contributed by atoms with Gasteiger partial charge in [0.1, 0.15) is 31.0 Å². The molecule has 2 fully saturated rings. The van der Waals surface area contributed by atoms with Crippen molar-refractivity contribution in [3.05, 3.63) is 62.9 Å². The van der Waals surface area contributed by atoms with Gasteiger partial charge >= 0.3 is 11.7 Å². The molecule has 12 nitrogen and oxygen atoms in total. The lowest BCUT2D eigenvalue weighted by Gasteiger charge is -2.25. The van der Waals surface area contributed by atoms with Crippen molar-refractivity contribution in [3.8, 4) is 0 Å². The molecular formula is C24H31N3O9S. The Hall–Kier alpha value is -2.84. The van der Waals surface area contributed by atoms with E-state index < -0.39 is 69.5 Å². The average Bonchev–Trinajstić information content (AvgIpc) is 3.29. The molecule has 0 bridgehead atoms. The van der Waals surface area contributed by atoms with Gasteiger partial charge in [-0.05, 0) is 38.8 Å². The maximum atomic E-state index is 13.0. The third-order valence-corrected chi connectivity index (χ3v) is 7.63. The Morgan fingerprint density at radius 3 is 2.41 bits per heavy atom. The third kappa shape index (κ3) is 5.85. The van der Waals surface area contributed by atoms with Crippen LogP contribution in [0.1, 0.15) is 39.5 Å². The van der Waals surface area contributed by atoms with Gasteiger partial charge < -0.3 is 18.9 Å². The number of aromatic amines is 1. The standard InChI is InChI=1S/C24H31N3O9S/c1-13(2)18(26-37(31,32)15-8-6-14(3)7-9-15)22(29)33-12-16-19-20(36-24(4,5)35-19)21(34-16)27-11-10-17(28)25-23(27)30/h6-11,13,16,18-21,26H,12H2,1-5H3,(H,25,28,30)/t16-,18+,19-,20-,21-/m1/s1. The van der Waals surface area contributed by atoms with Crippen molar-refractivity contribution >= 4 is 16.0 Å². The number of nitrogens with zero attached hydrogens (tertiary/aromatic N) is 1. The molecule has 0 aliphatic carbocycles. The maximum Gasteiger partial charge on any atom is 0.330 e. The second kappa shape index (κ2) is 10.1. The zero-order chi connectivity index (χ0) is 27.1. The van der Waals surface area contributed by atoms with Gasteiger partial charge in [-0.25, -0.2) is 13.2 Å². The van der Waals surface area contributed by atoms with Crippen LogP contribution in [-0.2, 0) is 33.8 Å². The van der Waals surface area contributed by atoms with Crippen LogP contribution in [-0.4, -0.2) is 60.7 Å². The van der Waals surface area contributed by atoms with E-state index in [1.54, 1.807) is 39.8 Å². The smallest absolute Gasteiger partial charge is 0.330 e. The van der Waals surface area contributed by atoms with Gasteiger partial charge in [0.15, 0.2) is 12.0 Å². The average molecular weight is 538 g/mol. The molecule has 0 spiro atoms. The molecular weight excluding hydrogens is 506 g/mol. The minimum atomic E-state index is -3.98. The van der Waals surface area contributed by atoms with E-state index in [2.05, 4.69) is 9.71 Å². The monoisotopic (exact) mass is 537 g/mol. The topological polar surface area (TPSA) is 155 Å². The van der Waals surface area contributed by atoms with Gasteiger partial charge in [0.25, 0.3) is 5.56 Å². The van der Waals surface area contributed by atoms with E-state index in [9.17, 15) is 22.8 Å². The highest BCUT2D eigenvalue weighted by molar-refractivity contribution is 7.89. The quantitative estimate of drug-likeness (QED) is 0.465. The molecule has 0 unspecified atom stereocenters. The van der Waals surface area contributed by atoms with Crippen LogP contribution in [0.3, 0.4) is 0 Å². The molecule has 2 aromatic rings. The first kappa shape index (κ1) is 27.2. The Kier molecular flexibility index (Phi) is 7.45. The number of carbonyl (C=O) groups excluding carboxylic acids is 1. The molecule has 202 valence electrons. The number of hydrogen-bond donors (Lipinski definition) is 2. The summed E-state index contributed by atoms with van der Waals surface area (Å²) < 4.78 is 52.7. The molecule has 13 heteroatoms. The molecule has 0 radical (unpaired) electrons. The number of aromatic nitrogens is 2. The second-order valence-electron chi connectivity index (χ2n) is 9.93. The largest absolute Gasteiger partial charge is 0.462 e. The van der Waals surface area contributed by atoms with Crippen LogP contribution >= 0.6 is 0 Å². The van der Waals surface area contributed by atoms with Crippen LogP contribution in [0.2, 0.25) is 0 Å². The van der Waals surface area contributed by atoms with E-state index in [1.807, 2.05) is 6.92 Å². The van der Waals surface area contributed by atoms with Crippen LogP contribution < -0.4 is 16.0 Å². The number of esters is 1. The van der Waals surface area contributed by atoms with Gasteiger partial charge in [0.2, 0.25) is 10.0 Å². The second-order valence-corrected chi connectivity index (χ2v) is 11.6. The van der Waals surface area contributed by atoms with E-state index in [-0.39, 0.29) is 11.5 Å². The summed E-state index contributed by atoms with van der Waals surface area (Å²) in [7, 11) is -3.98. The van der Waals surface area contributed by atoms with E-state index >= 15 is 0 Å². The molecule has 0 amide bonds. The number of aryl methyl sites for hydroxylation is 1. The fourth-order valence-corrected chi connectivity index (χ4v) is 5.64. The normalized spacial score (nSPS) is 25.7. The Labute approximate surface area is 213 Å². The van der Waals surface area contributed by atoms with Crippen molar-refractivity contribution in [1.82, 2.24) is 14.3 Å². The Balaban J connectivity index is 1.49. The SMILES string of the molecule is Cc1ccc(S(=O)(=O)N[C@H](C(=O)OC[C@H]2O[C@@H](n3ccc(=O)[nH]c3=O)[C@@H]3OC(C)(C)O[C@@H]32)C(C)C)cc1. The summed E-state index contributed by atoms with van der Waals surface area (Å²) in [6.45, 7) is 8.36. The number of rotatable bonds is 8. The lowest BCUT2D eigenvalue weighted by Crippen LogP contribution is -2.46. The third-order valence-electron chi connectivity index (χ3n) is 6.17. The van der Waals surface area contributed by atoms with Crippen LogP contribution in [0, 0.1) is 12.8 Å². The molecule has 1 aromatic heterocycles. The van der Waals surface area contributed by atoms with Gasteiger partial charge in [-0.3, -0.25) is 19.1 Å². The molecule has 5 atom stereocenters. The lowest BCUT2D eigenvalue weighted by atomic mass is 10.1. The number of fused-ring (bicyclic) bond motifs is 1. The molecule has 4 rings (SSSR count). The maximum absolute atomic E-state index is 13.0. The summed E-state index contributed by atoms with van der Waals surface area (Å²) in [6.07, 6.45) is -1.88. The molecule has 2 aliphatic heterocycles. The molecule has 1 aromatic carbocycles. The Bertz CT molecular complexity index is 1360. The van der Waals surface area contributed by atoms with Crippen LogP contribution in [0.25, 0.3) is 0 Å². The predicted octanol–water partition coefficient (Wildman–Crippen LogP) is 0.809. The van der Waals surface area contributed by atoms with Gasteiger partial charge in [0.05, 0.1) is 4.90 Å². The number of benzene rings is 1. The fraction of sp³-hybridized carbons (Fsp3) is 0.542. The van der Waals surface area contributed by atoms with Gasteiger partial charge in [0, 0.05) is 12.3 Å². The minimum Gasteiger partial charge on any atom is -0.462 e. The van der Waals surface area contributed by atoms with Gasteiger partial charge in [-0.15, -0.1) is 0 Å². The van der Waals surface area contributed by atoms with Crippen molar-refractivity contribution in [2.24, 2.45) is 5.92 Å². The van der Waals surface area contributed by atoms with Crippen molar-refractivity contribution in [2.75, 3.05) is 6.61 Å². The van der Waals surface area contributed by atoms with Crippen molar-refractivity contribution in [1.29, 1.82) is 0 Å². The summed E-state index contributed by atoms with van der Waals surface area (Å²) in [5, 5.41) is 0. The molecule has 2 saturated heterocycles. The van der Waals surface area contributed by atoms with E-state index in [4.69, 9.17) is 18.9 Å². The van der Waals surface area contributed by atoms with Gasteiger partial charge in [-0.2, -0.15) is 4.72 Å². The van der Waals surface area contributed by atoms with E-state index in [0.29, 0.717) is 0 Å². The number of H-pyrrole nitrogens is 1. The number of carbonyl (C=O) groups is 1. The summed E-state index contributed by atoms with van der Waals surface area (Å²) >= 11 is 0. The molecule has 2 N–H and O–H groups in total. The first-order chi connectivity index (χ1) is 17.3. The zero-order valence-corrected chi connectivity index (χ0v) is 22.0.